The SMILES string of the molecule is Cc1ncoc1C(=O)N(C)c1ccc(N)cc1. The highest BCUT2D eigenvalue weighted by Gasteiger charge is 2.19. The van der Waals surface area contributed by atoms with Gasteiger partial charge in [0.1, 0.15) is 0 Å². The number of aryl methyl sites for hydroxylation is 1. The number of amides is 1. The van der Waals surface area contributed by atoms with E-state index in [1.807, 2.05) is 0 Å². The molecule has 0 atom stereocenters. The molecule has 1 heterocycles. The summed E-state index contributed by atoms with van der Waals surface area (Å²) in [7, 11) is 1.68. The Labute approximate surface area is 98.9 Å². The van der Waals surface area contributed by atoms with E-state index in [9.17, 15) is 4.79 Å². The number of hydrogen-bond donors (Lipinski definition) is 1. The molecule has 17 heavy (non-hydrogen) atoms. The fourth-order valence-corrected chi connectivity index (χ4v) is 1.47. The maximum Gasteiger partial charge on any atom is 0.295 e. The maximum absolute atomic E-state index is 12.1. The summed E-state index contributed by atoms with van der Waals surface area (Å²) in [6.07, 6.45) is 1.26. The molecule has 0 saturated heterocycles. The van der Waals surface area contributed by atoms with Gasteiger partial charge in [0, 0.05) is 18.4 Å². The van der Waals surface area contributed by atoms with E-state index < -0.39 is 0 Å². The molecular formula is C12H13N3O2. The minimum atomic E-state index is -0.232. The molecule has 5 nitrogen and oxygen atoms in total. The largest absolute Gasteiger partial charge is 0.438 e. The fourth-order valence-electron chi connectivity index (χ4n) is 1.47. The Morgan fingerprint density at radius 2 is 2.00 bits per heavy atom. The number of rotatable bonds is 2. The number of anilines is 2. The molecule has 1 amide bonds. The molecule has 2 N–H and O–H groups in total. The maximum atomic E-state index is 12.1. The smallest absolute Gasteiger partial charge is 0.295 e. The average Bonchev–Trinajstić information content (AvgIpc) is 2.74. The van der Waals surface area contributed by atoms with Crippen LogP contribution in [0.4, 0.5) is 11.4 Å². The van der Waals surface area contributed by atoms with Gasteiger partial charge in [0.25, 0.3) is 5.91 Å². The van der Waals surface area contributed by atoms with Gasteiger partial charge in [-0.15, -0.1) is 0 Å². The monoisotopic (exact) mass is 231 g/mol. The number of aromatic nitrogens is 1. The minimum absolute atomic E-state index is 0.232. The average molecular weight is 231 g/mol. The highest BCUT2D eigenvalue weighted by Crippen LogP contribution is 2.18. The summed E-state index contributed by atoms with van der Waals surface area (Å²) < 4.78 is 5.07. The molecule has 2 aromatic rings. The molecule has 0 spiro atoms. The van der Waals surface area contributed by atoms with Crippen LogP contribution in [0, 0.1) is 6.92 Å². The zero-order valence-corrected chi connectivity index (χ0v) is 9.68. The molecule has 88 valence electrons. The van der Waals surface area contributed by atoms with Crippen molar-refractivity contribution in [2.75, 3.05) is 17.7 Å². The molecule has 0 bridgehead atoms. The van der Waals surface area contributed by atoms with E-state index in [1.54, 1.807) is 38.2 Å². The second-order valence-electron chi connectivity index (χ2n) is 3.72. The van der Waals surface area contributed by atoms with E-state index in [0.717, 1.165) is 5.69 Å². The van der Waals surface area contributed by atoms with E-state index in [0.29, 0.717) is 11.4 Å². The number of nitrogen functional groups attached to an aromatic ring is 1. The number of carbonyl (C=O) groups is 1. The summed E-state index contributed by atoms with van der Waals surface area (Å²) in [5.74, 6) is 0.0223. The molecule has 1 aromatic carbocycles. The number of nitrogens with zero attached hydrogens (tertiary/aromatic N) is 2. The number of hydrogen-bond acceptors (Lipinski definition) is 4. The van der Waals surface area contributed by atoms with Crippen molar-refractivity contribution in [2.24, 2.45) is 0 Å². The molecule has 0 radical (unpaired) electrons. The number of oxazole rings is 1. The predicted molar refractivity (Wildman–Crippen MR) is 64.8 cm³/mol. The van der Waals surface area contributed by atoms with Crippen molar-refractivity contribution in [3.8, 4) is 0 Å². The third kappa shape index (κ3) is 2.13. The van der Waals surface area contributed by atoms with E-state index in [4.69, 9.17) is 10.2 Å². The van der Waals surface area contributed by atoms with Crippen molar-refractivity contribution >= 4 is 17.3 Å². The van der Waals surface area contributed by atoms with Crippen LogP contribution in [0.15, 0.2) is 35.1 Å². The van der Waals surface area contributed by atoms with Crippen molar-refractivity contribution in [3.05, 3.63) is 42.1 Å². The Balaban J connectivity index is 2.26. The van der Waals surface area contributed by atoms with Gasteiger partial charge < -0.3 is 15.1 Å². The summed E-state index contributed by atoms with van der Waals surface area (Å²) in [5, 5.41) is 0. The Morgan fingerprint density at radius 1 is 1.35 bits per heavy atom. The minimum Gasteiger partial charge on any atom is -0.438 e. The third-order valence-electron chi connectivity index (χ3n) is 2.52. The van der Waals surface area contributed by atoms with Crippen molar-refractivity contribution in [2.45, 2.75) is 6.92 Å². The third-order valence-corrected chi connectivity index (χ3v) is 2.52. The highest BCUT2D eigenvalue weighted by atomic mass is 16.3. The summed E-state index contributed by atoms with van der Waals surface area (Å²) in [6.45, 7) is 1.73. The van der Waals surface area contributed by atoms with Crippen LogP contribution in [0.1, 0.15) is 16.2 Å². The lowest BCUT2D eigenvalue weighted by atomic mass is 10.2. The van der Waals surface area contributed by atoms with Gasteiger partial charge in [-0.25, -0.2) is 4.98 Å². The van der Waals surface area contributed by atoms with Gasteiger partial charge in [0.05, 0.1) is 5.69 Å². The summed E-state index contributed by atoms with van der Waals surface area (Å²) in [6, 6.07) is 7.04. The van der Waals surface area contributed by atoms with Crippen LogP contribution in [0.2, 0.25) is 0 Å². The van der Waals surface area contributed by atoms with E-state index in [1.165, 1.54) is 11.3 Å². The van der Waals surface area contributed by atoms with Gasteiger partial charge in [-0.05, 0) is 31.2 Å². The number of nitrogens with two attached hydrogens (primary N) is 1. The molecule has 0 unspecified atom stereocenters. The van der Waals surface area contributed by atoms with Crippen molar-refractivity contribution < 1.29 is 9.21 Å². The molecule has 0 aliphatic rings. The van der Waals surface area contributed by atoms with Crippen LogP contribution in [-0.2, 0) is 0 Å². The van der Waals surface area contributed by atoms with Crippen LogP contribution in [0.3, 0.4) is 0 Å². The van der Waals surface area contributed by atoms with Crippen LogP contribution in [-0.4, -0.2) is 17.9 Å². The Bertz CT molecular complexity index is 531. The first-order valence-corrected chi connectivity index (χ1v) is 5.13. The van der Waals surface area contributed by atoms with E-state index in [2.05, 4.69) is 4.98 Å². The first-order valence-electron chi connectivity index (χ1n) is 5.13. The first kappa shape index (κ1) is 11.2. The van der Waals surface area contributed by atoms with Gasteiger partial charge >= 0.3 is 0 Å². The Hall–Kier alpha value is -2.30. The van der Waals surface area contributed by atoms with Crippen LogP contribution >= 0.6 is 0 Å². The summed E-state index contributed by atoms with van der Waals surface area (Å²) >= 11 is 0. The highest BCUT2D eigenvalue weighted by molar-refractivity contribution is 6.04. The van der Waals surface area contributed by atoms with Gasteiger partial charge in [-0.2, -0.15) is 0 Å². The zero-order chi connectivity index (χ0) is 12.4. The molecule has 2 rings (SSSR count). The second-order valence-corrected chi connectivity index (χ2v) is 3.72. The van der Waals surface area contributed by atoms with Gasteiger partial charge in [0.2, 0.25) is 5.76 Å². The van der Waals surface area contributed by atoms with Crippen LogP contribution < -0.4 is 10.6 Å². The standard InChI is InChI=1S/C12H13N3O2/c1-8-11(17-7-14-8)12(16)15(2)10-5-3-9(13)4-6-10/h3-7H,13H2,1-2H3. The van der Waals surface area contributed by atoms with Crippen molar-refractivity contribution in [1.82, 2.24) is 4.98 Å². The van der Waals surface area contributed by atoms with Crippen LogP contribution in [0.5, 0.6) is 0 Å². The zero-order valence-electron chi connectivity index (χ0n) is 9.68. The lowest BCUT2D eigenvalue weighted by molar-refractivity contribution is 0.0965. The van der Waals surface area contributed by atoms with Gasteiger partial charge in [-0.3, -0.25) is 4.79 Å². The summed E-state index contributed by atoms with van der Waals surface area (Å²) in [5.41, 5.74) is 7.58. The summed E-state index contributed by atoms with van der Waals surface area (Å²) in [4.78, 5) is 17.5. The quantitative estimate of drug-likeness (QED) is 0.800. The molecular weight excluding hydrogens is 218 g/mol. The van der Waals surface area contributed by atoms with Crippen molar-refractivity contribution in [3.63, 3.8) is 0 Å². The van der Waals surface area contributed by atoms with E-state index in [-0.39, 0.29) is 11.7 Å². The Kier molecular flexibility index (Phi) is 2.82. The van der Waals surface area contributed by atoms with Crippen molar-refractivity contribution in [1.29, 1.82) is 0 Å². The molecule has 0 saturated carbocycles. The molecule has 1 aromatic heterocycles. The Morgan fingerprint density at radius 3 is 2.53 bits per heavy atom. The fraction of sp³-hybridized carbons (Fsp3) is 0.167. The first-order chi connectivity index (χ1) is 8.09. The number of benzene rings is 1. The van der Waals surface area contributed by atoms with Gasteiger partial charge in [0.15, 0.2) is 6.39 Å². The lowest BCUT2D eigenvalue weighted by Crippen LogP contribution is -2.26. The van der Waals surface area contributed by atoms with Crippen LogP contribution in [0.25, 0.3) is 0 Å². The molecule has 0 fully saturated rings. The molecule has 0 aliphatic heterocycles. The molecule has 5 heteroatoms. The molecule has 0 aliphatic carbocycles. The van der Waals surface area contributed by atoms with E-state index >= 15 is 0 Å². The normalized spacial score (nSPS) is 10.2. The lowest BCUT2D eigenvalue weighted by Gasteiger charge is -2.16. The predicted octanol–water partition coefficient (Wildman–Crippen LogP) is 1.84. The topological polar surface area (TPSA) is 72.4 Å². The second kappa shape index (κ2) is 4.29. The number of carbonyl (C=O) groups excluding carboxylic acids is 1. The van der Waals surface area contributed by atoms with Gasteiger partial charge in [-0.1, -0.05) is 0 Å².